The first-order valence-corrected chi connectivity index (χ1v) is 11.7. The molecule has 1 saturated heterocycles. The second-order valence-corrected chi connectivity index (χ2v) is 9.21. The predicted molar refractivity (Wildman–Crippen MR) is 118 cm³/mol. The molecule has 12 heteroatoms. The zero-order valence-corrected chi connectivity index (χ0v) is 18.2. The molecule has 2 aromatic heterocycles. The number of nitrogens with one attached hydrogen (secondary N) is 1. The second kappa shape index (κ2) is 9.22. The minimum atomic E-state index is -4.47. The average molecular weight is 479 g/mol. The van der Waals surface area contributed by atoms with E-state index in [1.54, 1.807) is 6.20 Å². The molecule has 1 fully saturated rings. The first kappa shape index (κ1) is 22.8. The van der Waals surface area contributed by atoms with Crippen molar-refractivity contribution in [1.82, 2.24) is 15.0 Å². The van der Waals surface area contributed by atoms with Gasteiger partial charge in [-0.1, -0.05) is 18.2 Å². The minimum absolute atomic E-state index is 0.179. The molecular weight excluding hydrogens is 457 g/mol. The van der Waals surface area contributed by atoms with Crippen molar-refractivity contribution in [1.29, 1.82) is 0 Å². The number of piperazine rings is 1. The molecule has 1 aliphatic rings. The van der Waals surface area contributed by atoms with Crippen LogP contribution in [0.1, 0.15) is 11.1 Å². The van der Waals surface area contributed by atoms with E-state index in [0.717, 1.165) is 43.2 Å². The number of sulfonamides is 1. The molecule has 0 saturated carbocycles. The molecule has 33 heavy (non-hydrogen) atoms. The summed E-state index contributed by atoms with van der Waals surface area (Å²) in [6.07, 6.45) is 0.0253. The predicted octanol–water partition coefficient (Wildman–Crippen LogP) is 3.16. The summed E-state index contributed by atoms with van der Waals surface area (Å²) in [5.74, 6) is 0.930. The summed E-state index contributed by atoms with van der Waals surface area (Å²) in [6.45, 7) is 2.88. The van der Waals surface area contributed by atoms with Crippen molar-refractivity contribution >= 4 is 27.5 Å². The SMILES string of the molecule is O=S(=O)(Cc1ccc(C(F)(F)F)cc1)Nc1cnc(N2CCN(c3ccccn3)CC2)nc1. The molecule has 0 atom stereocenters. The lowest BCUT2D eigenvalue weighted by Gasteiger charge is -2.35. The van der Waals surface area contributed by atoms with Crippen molar-refractivity contribution in [2.45, 2.75) is 11.9 Å². The molecule has 0 aliphatic carbocycles. The molecule has 174 valence electrons. The van der Waals surface area contributed by atoms with Gasteiger partial charge in [-0.2, -0.15) is 13.2 Å². The summed E-state index contributed by atoms with van der Waals surface area (Å²) in [7, 11) is -3.85. The lowest BCUT2D eigenvalue weighted by molar-refractivity contribution is -0.137. The number of anilines is 3. The van der Waals surface area contributed by atoms with Crippen molar-refractivity contribution in [3.05, 3.63) is 72.2 Å². The molecule has 4 rings (SSSR count). The first-order valence-electron chi connectivity index (χ1n) is 10.1. The highest BCUT2D eigenvalue weighted by atomic mass is 32.2. The van der Waals surface area contributed by atoms with Crippen LogP contribution >= 0.6 is 0 Å². The third-order valence-corrected chi connectivity index (χ3v) is 6.35. The summed E-state index contributed by atoms with van der Waals surface area (Å²) in [5.41, 5.74) is -0.418. The average Bonchev–Trinajstić information content (AvgIpc) is 2.79. The molecule has 1 aromatic carbocycles. The molecule has 8 nitrogen and oxygen atoms in total. The fourth-order valence-electron chi connectivity index (χ4n) is 3.44. The Hall–Kier alpha value is -3.41. The molecular formula is C21H21F3N6O2S. The van der Waals surface area contributed by atoms with Crippen molar-refractivity contribution in [3.8, 4) is 0 Å². The highest BCUT2D eigenvalue weighted by molar-refractivity contribution is 7.91. The van der Waals surface area contributed by atoms with Crippen LogP contribution in [0.3, 0.4) is 0 Å². The quantitative estimate of drug-likeness (QED) is 0.582. The van der Waals surface area contributed by atoms with Gasteiger partial charge in [0.25, 0.3) is 0 Å². The maximum atomic E-state index is 12.7. The maximum absolute atomic E-state index is 12.7. The molecule has 0 bridgehead atoms. The van der Waals surface area contributed by atoms with E-state index < -0.39 is 27.5 Å². The van der Waals surface area contributed by atoms with Crippen molar-refractivity contribution < 1.29 is 21.6 Å². The van der Waals surface area contributed by atoms with Crippen molar-refractivity contribution in [3.63, 3.8) is 0 Å². The molecule has 0 unspecified atom stereocenters. The molecule has 0 amide bonds. The molecule has 3 aromatic rings. The first-order chi connectivity index (χ1) is 15.7. The van der Waals surface area contributed by atoms with Crippen LogP contribution in [-0.2, 0) is 22.0 Å². The van der Waals surface area contributed by atoms with Crippen LogP contribution < -0.4 is 14.5 Å². The van der Waals surface area contributed by atoms with E-state index in [4.69, 9.17) is 0 Å². The van der Waals surface area contributed by atoms with Crippen LogP contribution in [-0.4, -0.2) is 49.5 Å². The van der Waals surface area contributed by atoms with Gasteiger partial charge < -0.3 is 9.80 Å². The van der Waals surface area contributed by atoms with E-state index in [-0.39, 0.29) is 11.3 Å². The third kappa shape index (κ3) is 5.89. The Morgan fingerprint density at radius 1 is 0.879 bits per heavy atom. The van der Waals surface area contributed by atoms with Gasteiger partial charge in [0.2, 0.25) is 16.0 Å². The highest BCUT2D eigenvalue weighted by Crippen LogP contribution is 2.29. The Labute approximate surface area is 189 Å². The Kier molecular flexibility index (Phi) is 6.36. The number of pyridine rings is 1. The molecule has 3 heterocycles. The summed E-state index contributed by atoms with van der Waals surface area (Å²) in [6, 6.07) is 9.77. The summed E-state index contributed by atoms with van der Waals surface area (Å²) >= 11 is 0. The van der Waals surface area contributed by atoms with Crippen molar-refractivity contribution in [2.75, 3.05) is 40.7 Å². The third-order valence-electron chi connectivity index (χ3n) is 5.09. The molecule has 1 aliphatic heterocycles. The van der Waals surface area contributed by atoms with Gasteiger partial charge in [0.05, 0.1) is 29.4 Å². The normalized spacial score (nSPS) is 14.9. The molecule has 0 radical (unpaired) electrons. The van der Waals surface area contributed by atoms with E-state index in [1.165, 1.54) is 12.4 Å². The van der Waals surface area contributed by atoms with Crippen LogP contribution in [0.5, 0.6) is 0 Å². The Morgan fingerprint density at radius 2 is 1.52 bits per heavy atom. The van der Waals surface area contributed by atoms with E-state index >= 15 is 0 Å². The number of aromatic nitrogens is 3. The number of benzene rings is 1. The number of nitrogens with zero attached hydrogens (tertiary/aromatic N) is 5. The van der Waals surface area contributed by atoms with E-state index in [9.17, 15) is 21.6 Å². The lowest BCUT2D eigenvalue weighted by atomic mass is 10.1. The van der Waals surface area contributed by atoms with Crippen LogP contribution in [0.4, 0.5) is 30.6 Å². The van der Waals surface area contributed by atoms with Crippen LogP contribution in [0.25, 0.3) is 0 Å². The zero-order valence-electron chi connectivity index (χ0n) is 17.4. The summed E-state index contributed by atoms with van der Waals surface area (Å²) in [5, 5.41) is 0. The van der Waals surface area contributed by atoms with Gasteiger partial charge in [-0.25, -0.2) is 23.4 Å². The minimum Gasteiger partial charge on any atom is -0.353 e. The van der Waals surface area contributed by atoms with E-state index in [2.05, 4.69) is 24.6 Å². The number of rotatable bonds is 6. The fraction of sp³-hybridized carbons (Fsp3) is 0.286. The smallest absolute Gasteiger partial charge is 0.353 e. The van der Waals surface area contributed by atoms with Crippen LogP contribution in [0, 0.1) is 0 Å². The standard InChI is InChI=1S/C21H21F3N6O2S/c22-21(23,24)17-6-4-16(5-7-17)15-33(31,32)28-18-13-26-20(27-14-18)30-11-9-29(10-12-30)19-3-1-2-8-25-19/h1-8,13-14,28H,9-12,15H2. The van der Waals surface area contributed by atoms with Crippen molar-refractivity contribution in [2.24, 2.45) is 0 Å². The topological polar surface area (TPSA) is 91.3 Å². The Bertz CT molecular complexity index is 1170. The monoisotopic (exact) mass is 478 g/mol. The number of hydrogen-bond acceptors (Lipinski definition) is 7. The van der Waals surface area contributed by atoms with E-state index in [1.807, 2.05) is 23.1 Å². The van der Waals surface area contributed by atoms with Gasteiger partial charge in [0.15, 0.2) is 0 Å². The fourth-order valence-corrected chi connectivity index (χ4v) is 4.61. The Balaban J connectivity index is 1.33. The van der Waals surface area contributed by atoms with Gasteiger partial charge in [-0.05, 0) is 29.8 Å². The number of alkyl halides is 3. The number of halogens is 3. The molecule has 0 spiro atoms. The second-order valence-electron chi connectivity index (χ2n) is 7.49. The Morgan fingerprint density at radius 3 is 2.09 bits per heavy atom. The zero-order chi connectivity index (χ0) is 23.5. The van der Waals surface area contributed by atoms with Gasteiger partial charge in [0.1, 0.15) is 5.82 Å². The van der Waals surface area contributed by atoms with Gasteiger partial charge in [-0.15, -0.1) is 0 Å². The van der Waals surface area contributed by atoms with Crippen LogP contribution in [0.2, 0.25) is 0 Å². The number of hydrogen-bond donors (Lipinski definition) is 1. The maximum Gasteiger partial charge on any atom is 0.416 e. The molecule has 1 N–H and O–H groups in total. The van der Waals surface area contributed by atoms with E-state index in [0.29, 0.717) is 19.0 Å². The summed E-state index contributed by atoms with van der Waals surface area (Å²) in [4.78, 5) is 17.0. The highest BCUT2D eigenvalue weighted by Gasteiger charge is 2.30. The van der Waals surface area contributed by atoms with Gasteiger partial charge in [-0.3, -0.25) is 4.72 Å². The largest absolute Gasteiger partial charge is 0.416 e. The van der Waals surface area contributed by atoms with Gasteiger partial charge in [0, 0.05) is 32.4 Å². The van der Waals surface area contributed by atoms with Gasteiger partial charge >= 0.3 is 6.18 Å². The van der Waals surface area contributed by atoms with Crippen LogP contribution in [0.15, 0.2) is 61.1 Å². The lowest BCUT2D eigenvalue weighted by Crippen LogP contribution is -2.47. The summed E-state index contributed by atoms with van der Waals surface area (Å²) < 4.78 is 65.1.